The molecule has 102 valence electrons. The molecular formula is C11H14N4O4. The van der Waals surface area contributed by atoms with Crippen LogP contribution >= 0.6 is 0 Å². The fourth-order valence-electron chi connectivity index (χ4n) is 1.58. The second-order valence-corrected chi connectivity index (χ2v) is 3.87. The van der Waals surface area contributed by atoms with Crippen LogP contribution in [0.25, 0.3) is 0 Å². The quantitative estimate of drug-likeness (QED) is 0.471. The number of carboxylic acid groups (broad SMARTS) is 1. The van der Waals surface area contributed by atoms with Gasteiger partial charge in [-0.1, -0.05) is 0 Å². The number of carboxylic acids is 1. The summed E-state index contributed by atoms with van der Waals surface area (Å²) < 4.78 is 0. The minimum atomic E-state index is -1.13. The van der Waals surface area contributed by atoms with E-state index in [0.717, 1.165) is 0 Å². The highest BCUT2D eigenvalue weighted by Crippen LogP contribution is 2.24. The van der Waals surface area contributed by atoms with Crippen molar-refractivity contribution in [2.24, 2.45) is 11.5 Å². The predicted molar refractivity (Wildman–Crippen MR) is 68.4 cm³/mol. The van der Waals surface area contributed by atoms with Crippen LogP contribution in [0.1, 0.15) is 10.4 Å². The third kappa shape index (κ3) is 3.87. The molecule has 1 rings (SSSR count). The van der Waals surface area contributed by atoms with E-state index < -0.39 is 17.8 Å². The van der Waals surface area contributed by atoms with Crippen LogP contribution in [0.4, 0.5) is 11.4 Å². The second kappa shape index (κ2) is 5.71. The number of benzene rings is 1. The van der Waals surface area contributed by atoms with Gasteiger partial charge in [-0.05, 0) is 18.2 Å². The Kier molecular flexibility index (Phi) is 4.30. The van der Waals surface area contributed by atoms with E-state index in [9.17, 15) is 14.4 Å². The highest BCUT2D eigenvalue weighted by molar-refractivity contribution is 5.92. The lowest BCUT2D eigenvalue weighted by Crippen LogP contribution is -2.40. The molecule has 7 N–H and O–H groups in total. The van der Waals surface area contributed by atoms with Gasteiger partial charge in [-0.15, -0.1) is 0 Å². The van der Waals surface area contributed by atoms with Crippen molar-refractivity contribution < 1.29 is 19.5 Å². The number of hydrogen-bond donors (Lipinski definition) is 4. The summed E-state index contributed by atoms with van der Waals surface area (Å²) in [6.07, 6.45) is 0. The summed E-state index contributed by atoms with van der Waals surface area (Å²) in [6, 6.07) is 3.93. The Labute approximate surface area is 108 Å². The lowest BCUT2D eigenvalue weighted by molar-refractivity contribution is -0.117. The number of anilines is 2. The Morgan fingerprint density at radius 2 is 1.63 bits per heavy atom. The normalized spacial score (nSPS) is 9.89. The topological polar surface area (TPSA) is 153 Å². The number of hydrogen-bond acceptors (Lipinski definition) is 5. The van der Waals surface area contributed by atoms with Gasteiger partial charge in [-0.3, -0.25) is 9.59 Å². The third-order valence-corrected chi connectivity index (χ3v) is 2.31. The zero-order valence-corrected chi connectivity index (χ0v) is 10.00. The van der Waals surface area contributed by atoms with Crippen LogP contribution in [0.15, 0.2) is 18.2 Å². The van der Waals surface area contributed by atoms with Crippen LogP contribution in [0.2, 0.25) is 0 Å². The van der Waals surface area contributed by atoms with Crippen molar-refractivity contribution in [3.8, 4) is 0 Å². The molecule has 1 aromatic carbocycles. The molecule has 8 nitrogen and oxygen atoms in total. The van der Waals surface area contributed by atoms with Crippen molar-refractivity contribution in [1.82, 2.24) is 0 Å². The first-order valence-electron chi connectivity index (χ1n) is 5.25. The first-order chi connectivity index (χ1) is 8.81. The van der Waals surface area contributed by atoms with E-state index in [-0.39, 0.29) is 24.3 Å². The molecule has 0 aromatic heterocycles. The molecule has 0 atom stereocenters. The van der Waals surface area contributed by atoms with Gasteiger partial charge in [0.05, 0.1) is 30.0 Å². The number of nitrogens with zero attached hydrogens (tertiary/aromatic N) is 1. The molecule has 1 aromatic rings. The Morgan fingerprint density at radius 3 is 2.00 bits per heavy atom. The van der Waals surface area contributed by atoms with E-state index >= 15 is 0 Å². The largest absolute Gasteiger partial charge is 0.478 e. The molecule has 0 aliphatic carbocycles. The van der Waals surface area contributed by atoms with Gasteiger partial charge in [0.1, 0.15) is 0 Å². The summed E-state index contributed by atoms with van der Waals surface area (Å²) in [4.78, 5) is 33.9. The van der Waals surface area contributed by atoms with Crippen LogP contribution in [0.5, 0.6) is 0 Å². The molecule has 8 heteroatoms. The van der Waals surface area contributed by atoms with E-state index in [1.54, 1.807) is 0 Å². The summed E-state index contributed by atoms with van der Waals surface area (Å²) in [5, 5.41) is 8.81. The Morgan fingerprint density at radius 1 is 1.11 bits per heavy atom. The van der Waals surface area contributed by atoms with Gasteiger partial charge in [-0.2, -0.15) is 0 Å². The average molecular weight is 266 g/mol. The lowest BCUT2D eigenvalue weighted by Gasteiger charge is -2.23. The zero-order chi connectivity index (χ0) is 14.6. The van der Waals surface area contributed by atoms with E-state index in [0.29, 0.717) is 5.69 Å². The number of nitrogens with two attached hydrogens (primary N) is 3. The molecule has 0 bridgehead atoms. The summed E-state index contributed by atoms with van der Waals surface area (Å²) >= 11 is 0. The molecule has 0 aliphatic heterocycles. The first kappa shape index (κ1) is 14.3. The summed E-state index contributed by atoms with van der Waals surface area (Å²) in [6.45, 7) is -0.501. The Bertz CT molecular complexity index is 513. The standard InChI is InChI=1S/C11H14N4O4/c12-7-3-6(11(18)19)1-2-8(7)15(4-9(13)16)5-10(14)17/h1-3H,4-5,12H2,(H2,13,16)(H2,14,17)(H,18,19). The lowest BCUT2D eigenvalue weighted by atomic mass is 10.1. The Hall–Kier alpha value is -2.77. The van der Waals surface area contributed by atoms with E-state index in [1.165, 1.54) is 23.1 Å². The number of aromatic carboxylic acids is 1. The molecule has 0 aliphatic rings. The molecule has 2 amide bonds. The molecule has 0 unspecified atom stereocenters. The van der Waals surface area contributed by atoms with Gasteiger partial charge in [0.25, 0.3) is 0 Å². The molecule has 0 radical (unpaired) electrons. The monoisotopic (exact) mass is 266 g/mol. The summed E-state index contributed by atoms with van der Waals surface area (Å²) in [7, 11) is 0. The maximum atomic E-state index is 10.9. The van der Waals surface area contributed by atoms with Gasteiger partial charge in [-0.25, -0.2) is 4.79 Å². The van der Waals surface area contributed by atoms with Crippen LogP contribution in [0.3, 0.4) is 0 Å². The number of rotatable bonds is 6. The van der Waals surface area contributed by atoms with Crippen molar-refractivity contribution in [3.63, 3.8) is 0 Å². The SMILES string of the molecule is NC(=O)CN(CC(N)=O)c1ccc(C(=O)O)cc1N. The van der Waals surface area contributed by atoms with Crippen molar-refractivity contribution in [2.75, 3.05) is 23.7 Å². The van der Waals surface area contributed by atoms with Crippen molar-refractivity contribution in [2.45, 2.75) is 0 Å². The van der Waals surface area contributed by atoms with Crippen molar-refractivity contribution in [3.05, 3.63) is 23.8 Å². The first-order valence-corrected chi connectivity index (χ1v) is 5.25. The van der Waals surface area contributed by atoms with Crippen LogP contribution < -0.4 is 22.1 Å². The molecule has 0 saturated carbocycles. The highest BCUT2D eigenvalue weighted by Gasteiger charge is 2.16. The smallest absolute Gasteiger partial charge is 0.335 e. The number of amides is 2. The highest BCUT2D eigenvalue weighted by atomic mass is 16.4. The molecule has 0 heterocycles. The van der Waals surface area contributed by atoms with Gasteiger partial charge in [0.15, 0.2) is 0 Å². The average Bonchev–Trinajstić information content (AvgIpc) is 2.26. The van der Waals surface area contributed by atoms with Gasteiger partial charge < -0.3 is 27.2 Å². The Balaban J connectivity index is 3.11. The van der Waals surface area contributed by atoms with Crippen LogP contribution in [-0.2, 0) is 9.59 Å². The maximum Gasteiger partial charge on any atom is 0.335 e. The van der Waals surface area contributed by atoms with Gasteiger partial charge in [0.2, 0.25) is 11.8 Å². The van der Waals surface area contributed by atoms with Crippen LogP contribution in [0, 0.1) is 0 Å². The van der Waals surface area contributed by atoms with E-state index in [1.807, 2.05) is 0 Å². The van der Waals surface area contributed by atoms with Crippen LogP contribution in [-0.4, -0.2) is 36.0 Å². The molecule has 19 heavy (non-hydrogen) atoms. The number of carbonyl (C=O) groups is 3. The van der Waals surface area contributed by atoms with Crippen molar-refractivity contribution >= 4 is 29.2 Å². The second-order valence-electron chi connectivity index (χ2n) is 3.87. The fourth-order valence-corrected chi connectivity index (χ4v) is 1.58. The molecule has 0 spiro atoms. The van der Waals surface area contributed by atoms with E-state index in [4.69, 9.17) is 22.3 Å². The predicted octanol–water partition coefficient (Wildman–Crippen LogP) is -1.26. The van der Waals surface area contributed by atoms with Gasteiger partial charge >= 0.3 is 5.97 Å². The number of carbonyl (C=O) groups excluding carboxylic acids is 2. The van der Waals surface area contributed by atoms with E-state index in [2.05, 4.69) is 0 Å². The fraction of sp³-hybridized carbons (Fsp3) is 0.182. The maximum absolute atomic E-state index is 10.9. The summed E-state index contributed by atoms with van der Waals surface area (Å²) in [5.74, 6) is -2.46. The molecule has 0 saturated heterocycles. The minimum absolute atomic E-state index is 0.000602. The molecular weight excluding hydrogens is 252 g/mol. The molecule has 0 fully saturated rings. The zero-order valence-electron chi connectivity index (χ0n) is 10.00. The minimum Gasteiger partial charge on any atom is -0.478 e. The van der Waals surface area contributed by atoms with Crippen molar-refractivity contribution in [1.29, 1.82) is 0 Å². The number of nitrogen functional groups attached to an aromatic ring is 1. The number of primary amides is 2. The van der Waals surface area contributed by atoms with Gasteiger partial charge in [0, 0.05) is 0 Å². The third-order valence-electron chi connectivity index (χ3n) is 2.31. The summed E-state index contributed by atoms with van der Waals surface area (Å²) in [5.41, 5.74) is 16.3.